The average Bonchev–Trinajstić information content (AvgIpc) is 2.99. The van der Waals surface area contributed by atoms with E-state index in [1.54, 1.807) is 11.8 Å². The summed E-state index contributed by atoms with van der Waals surface area (Å²) in [5.41, 5.74) is 4.42. The van der Waals surface area contributed by atoms with Crippen LogP contribution in [-0.4, -0.2) is 49.5 Å². The zero-order valence-corrected chi connectivity index (χ0v) is 17.6. The standard InChI is InChI=1S/C23H30NO2S/c1-5-24(4,6-2)16-17-26-22(25)23(27-7-3)20-14-10-8-12-18(20)19-13-9-11-15-21(19)23/h8-15H,5-7,16-17H2,1-4H3/q+1. The highest BCUT2D eigenvalue weighted by molar-refractivity contribution is 8.01. The van der Waals surface area contributed by atoms with Crippen molar-refractivity contribution in [1.82, 2.24) is 0 Å². The van der Waals surface area contributed by atoms with Crippen molar-refractivity contribution in [2.75, 3.05) is 39.0 Å². The summed E-state index contributed by atoms with van der Waals surface area (Å²) in [5, 5.41) is 0. The van der Waals surface area contributed by atoms with Crippen LogP contribution < -0.4 is 0 Å². The van der Waals surface area contributed by atoms with Crippen molar-refractivity contribution in [3.63, 3.8) is 0 Å². The molecule has 144 valence electrons. The Labute approximate surface area is 167 Å². The van der Waals surface area contributed by atoms with Crippen molar-refractivity contribution >= 4 is 17.7 Å². The van der Waals surface area contributed by atoms with Crippen LogP contribution in [0.2, 0.25) is 0 Å². The summed E-state index contributed by atoms with van der Waals surface area (Å²) in [6.45, 7) is 9.84. The van der Waals surface area contributed by atoms with E-state index in [9.17, 15) is 4.79 Å². The van der Waals surface area contributed by atoms with E-state index in [2.05, 4.69) is 52.1 Å². The lowest BCUT2D eigenvalue weighted by atomic mass is 9.96. The summed E-state index contributed by atoms with van der Waals surface area (Å²) >= 11 is 1.67. The van der Waals surface area contributed by atoms with Gasteiger partial charge in [-0.15, -0.1) is 11.8 Å². The maximum absolute atomic E-state index is 13.5. The van der Waals surface area contributed by atoms with E-state index in [1.165, 1.54) is 0 Å². The number of likely N-dealkylation sites (N-methyl/N-ethyl adjacent to an activating group) is 1. The molecule has 0 radical (unpaired) electrons. The molecule has 1 aliphatic rings. The molecular formula is C23H30NO2S+. The van der Waals surface area contributed by atoms with Crippen molar-refractivity contribution in [1.29, 1.82) is 0 Å². The molecule has 3 rings (SSSR count). The molecule has 0 heterocycles. The first-order valence-electron chi connectivity index (χ1n) is 9.86. The van der Waals surface area contributed by atoms with Crippen LogP contribution in [0.3, 0.4) is 0 Å². The predicted octanol–water partition coefficient (Wildman–Crippen LogP) is 4.69. The maximum Gasteiger partial charge on any atom is 0.331 e. The Bertz CT molecular complexity index is 768. The second-order valence-electron chi connectivity index (χ2n) is 7.32. The topological polar surface area (TPSA) is 26.3 Å². The number of ether oxygens (including phenoxy) is 1. The van der Waals surface area contributed by atoms with Gasteiger partial charge in [-0.3, -0.25) is 0 Å². The third-order valence-electron chi connectivity index (χ3n) is 5.94. The van der Waals surface area contributed by atoms with E-state index < -0.39 is 4.75 Å². The van der Waals surface area contributed by atoms with E-state index >= 15 is 0 Å². The number of thioether (sulfide) groups is 1. The number of carbonyl (C=O) groups excluding carboxylic acids is 1. The molecule has 2 aromatic carbocycles. The molecule has 0 atom stereocenters. The van der Waals surface area contributed by atoms with Gasteiger partial charge in [0.2, 0.25) is 0 Å². The summed E-state index contributed by atoms with van der Waals surface area (Å²) in [4.78, 5) is 13.5. The Hall–Kier alpha value is -1.78. The van der Waals surface area contributed by atoms with Crippen LogP contribution >= 0.6 is 11.8 Å². The second-order valence-corrected chi connectivity index (χ2v) is 8.80. The molecular weight excluding hydrogens is 354 g/mol. The zero-order valence-electron chi connectivity index (χ0n) is 16.8. The van der Waals surface area contributed by atoms with Gasteiger partial charge in [-0.05, 0) is 41.9 Å². The van der Waals surface area contributed by atoms with Crippen LogP contribution in [0.15, 0.2) is 48.5 Å². The van der Waals surface area contributed by atoms with Crippen LogP contribution in [0.4, 0.5) is 0 Å². The van der Waals surface area contributed by atoms with E-state index in [1.807, 2.05) is 24.3 Å². The first kappa shape index (κ1) is 20.0. The number of nitrogens with zero attached hydrogens (tertiary/aromatic N) is 1. The molecule has 0 unspecified atom stereocenters. The molecule has 1 aliphatic carbocycles. The molecule has 0 saturated carbocycles. The molecule has 27 heavy (non-hydrogen) atoms. The summed E-state index contributed by atoms with van der Waals surface area (Å²) in [5.74, 6) is 0.709. The fourth-order valence-electron chi connectivity index (χ4n) is 3.85. The van der Waals surface area contributed by atoms with Crippen molar-refractivity contribution in [2.24, 2.45) is 0 Å². The zero-order chi connectivity index (χ0) is 19.5. The third kappa shape index (κ3) is 3.41. The molecule has 0 amide bonds. The lowest BCUT2D eigenvalue weighted by molar-refractivity contribution is -0.906. The summed E-state index contributed by atoms with van der Waals surface area (Å²) in [7, 11) is 2.21. The number of esters is 1. The van der Waals surface area contributed by atoms with Gasteiger partial charge in [-0.2, -0.15) is 0 Å². The Kier molecular flexibility index (Phi) is 5.97. The van der Waals surface area contributed by atoms with Gasteiger partial charge in [-0.25, -0.2) is 4.79 Å². The normalized spacial score (nSPS) is 14.5. The molecule has 4 heteroatoms. The summed E-state index contributed by atoms with van der Waals surface area (Å²) < 4.78 is 6.07. The fourth-order valence-corrected chi connectivity index (χ4v) is 5.12. The van der Waals surface area contributed by atoms with Gasteiger partial charge in [-0.1, -0.05) is 55.5 Å². The Morgan fingerprint density at radius 1 is 0.963 bits per heavy atom. The maximum atomic E-state index is 13.5. The van der Waals surface area contributed by atoms with Gasteiger partial charge < -0.3 is 9.22 Å². The SMILES string of the molecule is CCSC1(C(=O)OCC[N+](C)(CC)CC)c2ccccc2-c2ccccc21. The van der Waals surface area contributed by atoms with Crippen molar-refractivity contribution < 1.29 is 14.0 Å². The van der Waals surface area contributed by atoms with Gasteiger partial charge in [0, 0.05) is 0 Å². The summed E-state index contributed by atoms with van der Waals surface area (Å²) in [6.07, 6.45) is 0. The minimum atomic E-state index is -0.760. The monoisotopic (exact) mass is 384 g/mol. The number of benzene rings is 2. The molecule has 2 aromatic rings. The smallest absolute Gasteiger partial charge is 0.331 e. The van der Waals surface area contributed by atoms with E-state index in [-0.39, 0.29) is 5.97 Å². The number of quaternary nitrogens is 1. The van der Waals surface area contributed by atoms with Crippen LogP contribution in [0.1, 0.15) is 31.9 Å². The fraction of sp³-hybridized carbons (Fsp3) is 0.435. The minimum absolute atomic E-state index is 0.134. The van der Waals surface area contributed by atoms with Crippen LogP contribution in [0.25, 0.3) is 11.1 Å². The highest BCUT2D eigenvalue weighted by Gasteiger charge is 2.50. The van der Waals surface area contributed by atoms with Crippen LogP contribution in [0, 0.1) is 0 Å². The molecule has 0 fully saturated rings. The first-order valence-corrected chi connectivity index (χ1v) is 10.8. The van der Waals surface area contributed by atoms with Gasteiger partial charge in [0.05, 0.1) is 20.1 Å². The number of hydrogen-bond acceptors (Lipinski definition) is 3. The largest absolute Gasteiger partial charge is 0.458 e. The van der Waals surface area contributed by atoms with Crippen LogP contribution in [-0.2, 0) is 14.3 Å². The molecule has 0 bridgehead atoms. The molecule has 3 nitrogen and oxygen atoms in total. The number of rotatable bonds is 8. The lowest BCUT2D eigenvalue weighted by Gasteiger charge is -2.33. The second kappa shape index (κ2) is 8.07. The van der Waals surface area contributed by atoms with Gasteiger partial charge in [0.1, 0.15) is 13.2 Å². The van der Waals surface area contributed by atoms with Gasteiger partial charge in [0.15, 0.2) is 4.75 Å². The molecule has 0 saturated heterocycles. The van der Waals surface area contributed by atoms with Crippen molar-refractivity contribution in [3.8, 4) is 11.1 Å². The average molecular weight is 385 g/mol. The van der Waals surface area contributed by atoms with Crippen molar-refractivity contribution in [3.05, 3.63) is 59.7 Å². The number of fused-ring (bicyclic) bond motifs is 3. The highest BCUT2D eigenvalue weighted by Crippen LogP contribution is 2.55. The Morgan fingerprint density at radius 3 is 1.96 bits per heavy atom. The number of hydrogen-bond donors (Lipinski definition) is 0. The van der Waals surface area contributed by atoms with E-state index in [0.717, 1.165) is 52.1 Å². The van der Waals surface area contributed by atoms with Crippen LogP contribution in [0.5, 0.6) is 0 Å². The Balaban J connectivity index is 1.95. The minimum Gasteiger partial charge on any atom is -0.458 e. The van der Waals surface area contributed by atoms with Gasteiger partial charge in [0.25, 0.3) is 0 Å². The van der Waals surface area contributed by atoms with Crippen molar-refractivity contribution in [2.45, 2.75) is 25.5 Å². The predicted molar refractivity (Wildman–Crippen MR) is 114 cm³/mol. The highest BCUT2D eigenvalue weighted by atomic mass is 32.2. The summed E-state index contributed by atoms with van der Waals surface area (Å²) in [6, 6.07) is 16.5. The lowest BCUT2D eigenvalue weighted by Crippen LogP contribution is -2.46. The first-order chi connectivity index (χ1) is 13.0. The molecule has 0 spiro atoms. The number of carbonyl (C=O) groups is 1. The van der Waals surface area contributed by atoms with Gasteiger partial charge >= 0.3 is 5.97 Å². The third-order valence-corrected chi connectivity index (χ3v) is 7.27. The van der Waals surface area contributed by atoms with E-state index in [0.29, 0.717) is 6.61 Å². The quantitative estimate of drug-likeness (QED) is 0.488. The molecule has 0 N–H and O–H groups in total. The van der Waals surface area contributed by atoms with E-state index in [4.69, 9.17) is 4.74 Å². The Morgan fingerprint density at radius 2 is 1.48 bits per heavy atom. The molecule has 0 aromatic heterocycles. The molecule has 0 aliphatic heterocycles.